The molecule has 0 aliphatic carbocycles. The van der Waals surface area contributed by atoms with E-state index in [2.05, 4.69) is 232 Å². The van der Waals surface area contributed by atoms with Crippen molar-refractivity contribution in [2.75, 3.05) is 0 Å². The molecule has 10 aromatic carbocycles. The molecule has 64 heavy (non-hydrogen) atoms. The van der Waals surface area contributed by atoms with Gasteiger partial charge in [-0.15, -0.1) is 0 Å². The number of fused-ring (bicyclic) bond motifs is 12. The predicted molar refractivity (Wildman–Crippen MR) is 268 cm³/mol. The summed E-state index contributed by atoms with van der Waals surface area (Å²) in [6, 6.07) is 81.6. The number of rotatable bonds is 5. The monoisotopic (exact) mass is 815 g/mol. The average molecular weight is 816 g/mol. The number of furan rings is 1. The largest absolute Gasteiger partial charge is 0.456 e. The molecular weight excluding hydrogens is 779 g/mol. The minimum Gasteiger partial charge on any atom is -0.456 e. The van der Waals surface area contributed by atoms with Crippen molar-refractivity contribution in [1.29, 1.82) is 0 Å². The van der Waals surface area contributed by atoms with Gasteiger partial charge in [0.1, 0.15) is 11.2 Å². The first-order chi connectivity index (χ1) is 31.7. The molecule has 0 N–H and O–H groups in total. The molecule has 0 aliphatic heterocycles. The second-order valence-corrected chi connectivity index (χ2v) is 16.9. The highest BCUT2D eigenvalue weighted by Gasteiger charge is 2.20. The van der Waals surface area contributed by atoms with Crippen molar-refractivity contribution >= 4 is 87.4 Å². The molecule has 298 valence electrons. The summed E-state index contributed by atoms with van der Waals surface area (Å²) in [4.78, 5) is 0. The van der Waals surface area contributed by atoms with E-state index in [0.29, 0.717) is 0 Å². The number of hydrogen-bond acceptors (Lipinski definition) is 1. The summed E-state index contributed by atoms with van der Waals surface area (Å²) < 4.78 is 13.7. The summed E-state index contributed by atoms with van der Waals surface area (Å²) in [5.41, 5.74) is 16.9. The molecule has 0 saturated carbocycles. The second kappa shape index (κ2) is 13.4. The van der Waals surface area contributed by atoms with Crippen molar-refractivity contribution in [2.45, 2.75) is 0 Å². The maximum Gasteiger partial charge on any atom is 0.137 e. The van der Waals surface area contributed by atoms with Crippen molar-refractivity contribution in [2.24, 2.45) is 0 Å². The highest BCUT2D eigenvalue weighted by molar-refractivity contribution is 6.16. The van der Waals surface area contributed by atoms with Gasteiger partial charge in [0.05, 0.1) is 44.2 Å². The van der Waals surface area contributed by atoms with Crippen LogP contribution in [0.4, 0.5) is 0 Å². The minimum atomic E-state index is 0.880. The fourth-order valence-electron chi connectivity index (χ4n) is 10.6. The maximum atomic E-state index is 6.44. The number of nitrogens with zero attached hydrogens (tertiary/aromatic N) is 3. The van der Waals surface area contributed by atoms with Gasteiger partial charge in [0, 0.05) is 49.1 Å². The molecular formula is C60H37N3O. The van der Waals surface area contributed by atoms with E-state index in [1.165, 1.54) is 76.6 Å². The molecule has 0 unspecified atom stereocenters. The average Bonchev–Trinajstić information content (AvgIpc) is 4.10. The number of hydrogen-bond donors (Lipinski definition) is 0. The van der Waals surface area contributed by atoms with Crippen LogP contribution in [0.5, 0.6) is 0 Å². The van der Waals surface area contributed by atoms with Gasteiger partial charge < -0.3 is 18.1 Å². The highest BCUT2D eigenvalue weighted by Crippen LogP contribution is 2.42. The van der Waals surface area contributed by atoms with Gasteiger partial charge in [-0.25, -0.2) is 0 Å². The molecule has 0 bridgehead atoms. The van der Waals surface area contributed by atoms with E-state index in [1.54, 1.807) is 0 Å². The van der Waals surface area contributed by atoms with E-state index in [-0.39, 0.29) is 0 Å². The fraction of sp³-hybridized carbons (Fsp3) is 0. The molecule has 0 spiro atoms. The maximum absolute atomic E-state index is 6.44. The topological polar surface area (TPSA) is 27.9 Å². The van der Waals surface area contributed by atoms with Gasteiger partial charge >= 0.3 is 0 Å². The van der Waals surface area contributed by atoms with E-state index < -0.39 is 0 Å². The Labute approximate surface area is 367 Å². The molecule has 4 aromatic heterocycles. The fourth-order valence-corrected chi connectivity index (χ4v) is 10.6. The van der Waals surface area contributed by atoms with Crippen LogP contribution < -0.4 is 0 Å². The summed E-state index contributed by atoms with van der Waals surface area (Å²) in [6.07, 6.45) is 0. The first kappa shape index (κ1) is 35.0. The van der Waals surface area contributed by atoms with Crippen LogP contribution in [0.3, 0.4) is 0 Å². The Morgan fingerprint density at radius 2 is 0.641 bits per heavy atom. The molecule has 0 atom stereocenters. The Morgan fingerprint density at radius 1 is 0.250 bits per heavy atom. The third-order valence-electron chi connectivity index (χ3n) is 13.4. The van der Waals surface area contributed by atoms with Crippen molar-refractivity contribution in [3.8, 4) is 39.3 Å². The van der Waals surface area contributed by atoms with Gasteiger partial charge in [-0.05, 0) is 113 Å². The van der Waals surface area contributed by atoms with Gasteiger partial charge in [0.2, 0.25) is 0 Å². The van der Waals surface area contributed by atoms with E-state index in [4.69, 9.17) is 4.42 Å². The smallest absolute Gasteiger partial charge is 0.137 e. The number of aromatic nitrogens is 3. The molecule has 4 nitrogen and oxygen atoms in total. The standard InChI is InChI=1S/C60H37N3O/c1-6-23-51-44(18-1)45-19-2-7-24-52(45)61(51)42-16-11-14-38(34-42)40-30-32-55-49(36-40)50-37-41(31-33-56(50)63(55)57-27-13-29-59-60(57)48-22-5-10-28-58(48)64-59)39-15-12-17-43(35-39)62-53-25-8-3-20-46(53)47-21-4-9-26-54(47)62/h1-37H. The lowest BCUT2D eigenvalue weighted by Gasteiger charge is -2.12. The Balaban J connectivity index is 0.986. The van der Waals surface area contributed by atoms with Crippen LogP contribution in [-0.2, 0) is 0 Å². The Kier molecular flexibility index (Phi) is 7.36. The molecule has 4 heteroatoms. The van der Waals surface area contributed by atoms with Gasteiger partial charge in [-0.2, -0.15) is 0 Å². The van der Waals surface area contributed by atoms with Crippen LogP contribution in [0.2, 0.25) is 0 Å². The predicted octanol–water partition coefficient (Wildman–Crippen LogP) is 16.2. The molecule has 4 heterocycles. The third-order valence-corrected chi connectivity index (χ3v) is 13.4. The lowest BCUT2D eigenvalue weighted by Crippen LogP contribution is -1.95. The van der Waals surface area contributed by atoms with Gasteiger partial charge in [-0.3, -0.25) is 0 Å². The van der Waals surface area contributed by atoms with Crippen LogP contribution >= 0.6 is 0 Å². The number of para-hydroxylation sites is 5. The normalized spacial score (nSPS) is 12.1. The van der Waals surface area contributed by atoms with Crippen LogP contribution in [-0.4, -0.2) is 13.7 Å². The molecule has 0 aliphatic rings. The van der Waals surface area contributed by atoms with Crippen molar-refractivity contribution in [1.82, 2.24) is 13.7 Å². The van der Waals surface area contributed by atoms with Gasteiger partial charge in [0.25, 0.3) is 0 Å². The van der Waals surface area contributed by atoms with E-state index in [0.717, 1.165) is 50.0 Å². The first-order valence-electron chi connectivity index (χ1n) is 21.9. The molecule has 0 radical (unpaired) electrons. The van der Waals surface area contributed by atoms with Crippen LogP contribution in [0, 0.1) is 0 Å². The summed E-state index contributed by atoms with van der Waals surface area (Å²) in [7, 11) is 0. The van der Waals surface area contributed by atoms with E-state index >= 15 is 0 Å². The molecule has 14 rings (SSSR count). The Bertz CT molecular complexity index is 3890. The third kappa shape index (κ3) is 5.05. The zero-order chi connectivity index (χ0) is 41.9. The molecule has 14 aromatic rings. The summed E-state index contributed by atoms with van der Waals surface area (Å²) >= 11 is 0. The molecule has 0 fully saturated rings. The number of benzene rings is 10. The SMILES string of the molecule is c1cc(-c2ccc3c(c2)c2cc(-c4cccc(-n5c6ccccc6c6ccccc65)c4)ccc2n3-c2cccc3oc4ccccc4c23)cc(-n2c3ccccc3c3ccccc32)c1. The van der Waals surface area contributed by atoms with Crippen LogP contribution in [0.15, 0.2) is 229 Å². The summed E-state index contributed by atoms with van der Waals surface area (Å²) in [5, 5.41) is 9.65. The van der Waals surface area contributed by atoms with Gasteiger partial charge in [-0.1, -0.05) is 133 Å². The Hall–Kier alpha value is -8.60. The van der Waals surface area contributed by atoms with Crippen molar-refractivity contribution in [3.05, 3.63) is 224 Å². The molecule has 0 amide bonds. The van der Waals surface area contributed by atoms with E-state index in [1.807, 2.05) is 6.07 Å². The first-order valence-corrected chi connectivity index (χ1v) is 21.9. The van der Waals surface area contributed by atoms with E-state index in [9.17, 15) is 0 Å². The summed E-state index contributed by atoms with van der Waals surface area (Å²) in [6.45, 7) is 0. The second-order valence-electron chi connectivity index (χ2n) is 16.9. The lowest BCUT2D eigenvalue weighted by molar-refractivity contribution is 0.669. The zero-order valence-corrected chi connectivity index (χ0v) is 34.6. The minimum absolute atomic E-state index is 0.880. The Morgan fingerprint density at radius 3 is 1.14 bits per heavy atom. The van der Waals surface area contributed by atoms with Gasteiger partial charge in [0.15, 0.2) is 0 Å². The van der Waals surface area contributed by atoms with Crippen molar-refractivity contribution < 1.29 is 4.42 Å². The van der Waals surface area contributed by atoms with Crippen LogP contribution in [0.1, 0.15) is 0 Å². The quantitative estimate of drug-likeness (QED) is 0.170. The van der Waals surface area contributed by atoms with Crippen molar-refractivity contribution in [3.63, 3.8) is 0 Å². The highest BCUT2D eigenvalue weighted by atomic mass is 16.3. The molecule has 0 saturated heterocycles. The van der Waals surface area contributed by atoms with Crippen LogP contribution in [0.25, 0.3) is 127 Å². The zero-order valence-electron chi connectivity index (χ0n) is 34.6. The lowest BCUT2D eigenvalue weighted by atomic mass is 9.99. The summed E-state index contributed by atoms with van der Waals surface area (Å²) in [5.74, 6) is 0.